The van der Waals surface area contributed by atoms with E-state index in [2.05, 4.69) is 72.3 Å². The fraction of sp³-hybridized carbons (Fsp3) is 0.583. The fourth-order valence-electron chi connectivity index (χ4n) is 5.61. The van der Waals surface area contributed by atoms with Crippen molar-refractivity contribution in [2.75, 3.05) is 0 Å². The molecule has 248 valence electrons. The second-order valence-electron chi connectivity index (χ2n) is 15.6. The molecule has 1 aliphatic heterocycles. The number of nitrogens with zero attached hydrogens (tertiary/aromatic N) is 1. The summed E-state index contributed by atoms with van der Waals surface area (Å²) in [6.45, 7) is 26.2. The van der Waals surface area contributed by atoms with Crippen LogP contribution >= 0.6 is 11.8 Å². The first-order valence-electron chi connectivity index (χ1n) is 16.1. The minimum Gasteiger partial charge on any atom is -0.455 e. The van der Waals surface area contributed by atoms with Gasteiger partial charge in [-0.05, 0) is 47.1 Å². The molecule has 0 saturated carbocycles. The molecule has 9 heteroatoms. The molecule has 5 atom stereocenters. The highest BCUT2D eigenvalue weighted by Gasteiger charge is 2.62. The molecule has 3 rings (SSSR count). The first kappa shape index (κ1) is 37.3. The lowest BCUT2D eigenvalue weighted by molar-refractivity contribution is -0.160. The van der Waals surface area contributed by atoms with Crippen molar-refractivity contribution < 1.29 is 23.5 Å². The monoisotopic (exact) mass is 669 g/mol. The molecule has 1 heterocycles. The maximum atomic E-state index is 14.2. The van der Waals surface area contributed by atoms with Gasteiger partial charge in [0.15, 0.2) is 16.6 Å². The van der Waals surface area contributed by atoms with E-state index in [1.54, 1.807) is 0 Å². The summed E-state index contributed by atoms with van der Waals surface area (Å²) in [6, 6.07) is 19.1. The summed E-state index contributed by atoms with van der Waals surface area (Å²) in [5, 5.41) is -0.803. The Hall–Kier alpha value is -2.21. The third-order valence-corrected chi connectivity index (χ3v) is 21.8. The predicted octanol–water partition coefficient (Wildman–Crippen LogP) is 8.48. The number of hydrogen-bond acceptors (Lipinski definition) is 6. The van der Waals surface area contributed by atoms with Crippen LogP contribution in [0.25, 0.3) is 0 Å². The lowest BCUT2D eigenvalue weighted by Crippen LogP contribution is -2.77. The summed E-state index contributed by atoms with van der Waals surface area (Å²) < 4.78 is 14.5. The maximum absolute atomic E-state index is 14.2. The zero-order chi connectivity index (χ0) is 34.0. The molecule has 2 aromatic rings. The smallest absolute Gasteiger partial charge is 0.376 e. The molecule has 0 aliphatic carbocycles. The maximum Gasteiger partial charge on any atom is 0.376 e. The quantitative estimate of drug-likeness (QED) is 0.0922. The van der Waals surface area contributed by atoms with Gasteiger partial charge in [-0.2, -0.15) is 0 Å². The van der Waals surface area contributed by atoms with E-state index in [0.29, 0.717) is 5.75 Å². The highest BCUT2D eigenvalue weighted by Crippen LogP contribution is 2.50. The van der Waals surface area contributed by atoms with Crippen LogP contribution in [0.1, 0.15) is 66.5 Å². The molecule has 0 aromatic heterocycles. The fourth-order valence-corrected chi connectivity index (χ4v) is 10.9. The summed E-state index contributed by atoms with van der Waals surface area (Å²) in [5.74, 6) is -1.41. The number of amides is 1. The predicted molar refractivity (Wildman–Crippen MR) is 191 cm³/mol. The third-order valence-electron chi connectivity index (χ3n) is 10.4. The first-order valence-corrected chi connectivity index (χ1v) is 23.0. The highest BCUT2D eigenvalue weighted by molar-refractivity contribution is 8.00. The Balaban J connectivity index is 2.00. The molecule has 0 N–H and O–H groups in total. The van der Waals surface area contributed by atoms with E-state index < -0.39 is 39.5 Å². The number of thioether (sulfide) groups is 1. The molecule has 0 radical (unpaired) electrons. The second kappa shape index (κ2) is 14.3. The SMILES string of the molecule is C[C@@H](O[Si](C)(C)C(C)(C)C)[C@@H]1C(=O)N([Si](C)(C)C(C)(C)C)[C@@H]1[C@@H](C)C(SCc1ccccc1)C(=O)C(=O)OCc1ccccc1. The van der Waals surface area contributed by atoms with E-state index in [-0.39, 0.29) is 40.7 Å². The van der Waals surface area contributed by atoms with Gasteiger partial charge in [-0.1, -0.05) is 122 Å². The van der Waals surface area contributed by atoms with E-state index in [1.807, 2.05) is 74.5 Å². The number of esters is 1. The van der Waals surface area contributed by atoms with Crippen molar-refractivity contribution in [3.63, 3.8) is 0 Å². The van der Waals surface area contributed by atoms with E-state index in [1.165, 1.54) is 11.8 Å². The number of ether oxygens (including phenoxy) is 1. The highest BCUT2D eigenvalue weighted by atomic mass is 32.2. The van der Waals surface area contributed by atoms with Crippen molar-refractivity contribution in [3.05, 3.63) is 71.8 Å². The standard InChI is InChI=1S/C36H55NO5SSi2/c1-25(30-29(26(2)42-45(11,12)36(6,7)8)33(39)37(30)44(9,10)35(3,4)5)32(43-24-28-21-17-14-18-22-28)31(38)34(40)41-23-27-19-15-13-16-20-27/h13-22,25-26,29-30,32H,23-24H2,1-12H3/t25-,26-,29+,30-,32?/m1/s1. The molecule has 0 bridgehead atoms. The van der Waals surface area contributed by atoms with Crippen LogP contribution in [-0.2, 0) is 35.9 Å². The van der Waals surface area contributed by atoms with Gasteiger partial charge in [0.25, 0.3) is 5.78 Å². The molecule has 0 spiro atoms. The van der Waals surface area contributed by atoms with Gasteiger partial charge >= 0.3 is 5.97 Å². The number of rotatable bonds is 13. The molecule has 2 aromatic carbocycles. The minimum absolute atomic E-state index is 0.0131. The number of benzene rings is 2. The van der Waals surface area contributed by atoms with Crippen molar-refractivity contribution >= 4 is 46.0 Å². The summed E-state index contributed by atoms with van der Waals surface area (Å²) in [6.07, 6.45) is -0.313. The zero-order valence-electron chi connectivity index (χ0n) is 29.5. The molecular formula is C36H55NO5SSi2. The van der Waals surface area contributed by atoms with Gasteiger partial charge in [0.05, 0.1) is 17.3 Å². The van der Waals surface area contributed by atoms with E-state index in [9.17, 15) is 14.4 Å². The Kier molecular flexibility index (Phi) is 11.8. The van der Waals surface area contributed by atoms with Gasteiger partial charge < -0.3 is 13.7 Å². The number of ketones is 1. The van der Waals surface area contributed by atoms with Crippen LogP contribution < -0.4 is 0 Å². The van der Waals surface area contributed by atoms with Crippen LogP contribution in [0, 0.1) is 11.8 Å². The molecular weight excluding hydrogens is 615 g/mol. The average Bonchev–Trinajstić information content (AvgIpc) is 2.93. The molecule has 1 aliphatic rings. The van der Waals surface area contributed by atoms with Gasteiger partial charge in [-0.25, -0.2) is 4.79 Å². The number of carbonyl (C=O) groups excluding carboxylic acids is 3. The van der Waals surface area contributed by atoms with Crippen LogP contribution in [0.5, 0.6) is 0 Å². The second-order valence-corrected chi connectivity index (χ2v) is 26.6. The Morgan fingerprint density at radius 3 is 1.84 bits per heavy atom. The molecule has 6 nitrogen and oxygen atoms in total. The van der Waals surface area contributed by atoms with Crippen LogP contribution in [0.2, 0.25) is 36.3 Å². The van der Waals surface area contributed by atoms with Crippen molar-refractivity contribution in [2.24, 2.45) is 11.8 Å². The summed E-state index contributed by atoms with van der Waals surface area (Å²) in [7, 11) is -4.53. The summed E-state index contributed by atoms with van der Waals surface area (Å²) in [5.41, 5.74) is 1.90. The van der Waals surface area contributed by atoms with Gasteiger partial charge in [-0.3, -0.25) is 9.59 Å². The minimum atomic E-state index is -2.34. The first-order chi connectivity index (χ1) is 20.7. The number of Topliss-reactive ketones (excluding diaryl/α,β-unsaturated/α-hetero) is 1. The van der Waals surface area contributed by atoms with Gasteiger partial charge in [0, 0.05) is 11.8 Å². The Bertz CT molecular complexity index is 1320. The molecule has 1 amide bonds. The van der Waals surface area contributed by atoms with Crippen molar-refractivity contribution in [1.82, 2.24) is 4.57 Å². The lowest BCUT2D eigenvalue weighted by atomic mass is 9.77. The van der Waals surface area contributed by atoms with Crippen LogP contribution in [0.3, 0.4) is 0 Å². The summed E-state index contributed by atoms with van der Waals surface area (Å²) >= 11 is 1.47. The largest absolute Gasteiger partial charge is 0.455 e. The molecule has 45 heavy (non-hydrogen) atoms. The topological polar surface area (TPSA) is 72.9 Å². The average molecular weight is 670 g/mol. The van der Waals surface area contributed by atoms with Gasteiger partial charge in [0.2, 0.25) is 5.91 Å². The van der Waals surface area contributed by atoms with Crippen molar-refractivity contribution in [3.8, 4) is 0 Å². The van der Waals surface area contributed by atoms with E-state index in [4.69, 9.17) is 9.16 Å². The zero-order valence-corrected chi connectivity index (χ0v) is 32.3. The van der Waals surface area contributed by atoms with E-state index in [0.717, 1.165) is 11.1 Å². The third kappa shape index (κ3) is 8.39. The summed E-state index contributed by atoms with van der Waals surface area (Å²) in [4.78, 5) is 41.6. The van der Waals surface area contributed by atoms with Crippen LogP contribution in [0.15, 0.2) is 60.7 Å². The number of β-lactam (4-membered cyclic amide) rings is 1. The molecule has 1 fully saturated rings. The lowest BCUT2D eigenvalue weighted by Gasteiger charge is -2.62. The van der Waals surface area contributed by atoms with E-state index >= 15 is 0 Å². The van der Waals surface area contributed by atoms with Crippen LogP contribution in [0.4, 0.5) is 0 Å². The molecule has 1 saturated heterocycles. The Labute approximate surface area is 278 Å². The number of hydrogen-bond donors (Lipinski definition) is 0. The number of carbonyl (C=O) groups is 3. The van der Waals surface area contributed by atoms with Gasteiger partial charge in [-0.15, -0.1) is 11.8 Å². The molecule has 1 unspecified atom stereocenters. The van der Waals surface area contributed by atoms with Crippen molar-refractivity contribution in [1.29, 1.82) is 0 Å². The van der Waals surface area contributed by atoms with Crippen LogP contribution in [-0.4, -0.2) is 56.2 Å². The Morgan fingerprint density at radius 2 is 1.36 bits per heavy atom. The van der Waals surface area contributed by atoms with Gasteiger partial charge in [0.1, 0.15) is 6.61 Å². The Morgan fingerprint density at radius 1 is 0.844 bits per heavy atom. The van der Waals surface area contributed by atoms with Crippen molar-refractivity contribution in [2.45, 2.75) is 121 Å². The normalized spacial score (nSPS) is 19.8.